The molecule has 0 amide bonds. The molecule has 0 saturated carbocycles. The summed E-state index contributed by atoms with van der Waals surface area (Å²) in [7, 11) is -0.553. The molecule has 6 nitrogen and oxygen atoms in total. The minimum Gasteiger partial charge on any atom is -0.468 e. The Bertz CT molecular complexity index is 789. The van der Waals surface area contributed by atoms with Crippen LogP contribution in [0.2, 0.25) is 0 Å². The molecule has 2 aromatic rings. The van der Waals surface area contributed by atoms with Crippen LogP contribution in [-0.2, 0) is 27.3 Å². The van der Waals surface area contributed by atoms with Crippen molar-refractivity contribution in [2.24, 2.45) is 0 Å². The van der Waals surface area contributed by atoms with Crippen molar-refractivity contribution in [3.63, 3.8) is 0 Å². The highest BCUT2D eigenvalue weighted by molar-refractivity contribution is 6.58. The van der Waals surface area contributed by atoms with Gasteiger partial charge in [0.2, 0.25) is 0 Å². The van der Waals surface area contributed by atoms with Gasteiger partial charge in [0.15, 0.2) is 0 Å². The van der Waals surface area contributed by atoms with Crippen LogP contribution in [0.25, 0.3) is 0 Å². The van der Waals surface area contributed by atoms with Crippen LogP contribution >= 0.6 is 0 Å². The van der Waals surface area contributed by atoms with Gasteiger partial charge < -0.3 is 14.8 Å². The molecule has 3 rings (SSSR count). The molecule has 27 heavy (non-hydrogen) atoms. The van der Waals surface area contributed by atoms with Gasteiger partial charge in [-0.3, -0.25) is 9.63 Å². The van der Waals surface area contributed by atoms with E-state index in [0.29, 0.717) is 18.4 Å². The first-order chi connectivity index (χ1) is 13.0. The largest absolute Gasteiger partial charge is 0.491 e. The molecule has 2 aromatic carbocycles. The van der Waals surface area contributed by atoms with Crippen molar-refractivity contribution in [1.29, 1.82) is 0 Å². The molecule has 0 aliphatic carbocycles. The van der Waals surface area contributed by atoms with Crippen molar-refractivity contribution >= 4 is 18.6 Å². The fraction of sp³-hybridized carbons (Fsp3) is 0.316. The maximum absolute atomic E-state index is 14.0. The van der Waals surface area contributed by atoms with Gasteiger partial charge in [0.25, 0.3) is 0 Å². The number of rotatable bonds is 6. The lowest BCUT2D eigenvalue weighted by molar-refractivity contribution is -0.184. The van der Waals surface area contributed by atoms with Gasteiger partial charge in [0.1, 0.15) is 11.9 Å². The molecule has 1 aliphatic rings. The summed E-state index contributed by atoms with van der Waals surface area (Å²) in [6.45, 7) is 0.170. The van der Waals surface area contributed by atoms with Crippen molar-refractivity contribution < 1.29 is 28.8 Å². The first-order valence-electron chi connectivity index (χ1n) is 8.67. The average Bonchev–Trinajstić information content (AvgIpc) is 3.03. The van der Waals surface area contributed by atoms with Crippen LogP contribution in [0.3, 0.4) is 0 Å². The Balaban J connectivity index is 1.73. The SMILES string of the molecule is COC(=O)C1CC(Cc2ccccc2)ON1Cc1ccc(B(O)O)c(F)c1. The molecule has 2 unspecified atom stereocenters. The Hall–Kier alpha value is -2.26. The number of hydroxylamine groups is 2. The molecule has 142 valence electrons. The standard InChI is InChI=1S/C19H21BFNO5/c1-26-19(23)18-11-15(9-13-5-3-2-4-6-13)27-22(18)12-14-7-8-16(20(24)25)17(21)10-14/h2-8,10,15,18,24-25H,9,11-12H2,1H3. The highest BCUT2D eigenvalue weighted by Crippen LogP contribution is 2.27. The fourth-order valence-electron chi connectivity index (χ4n) is 3.23. The molecule has 2 N–H and O–H groups in total. The molecule has 1 fully saturated rings. The number of nitrogens with zero attached hydrogens (tertiary/aromatic N) is 1. The molecule has 2 atom stereocenters. The van der Waals surface area contributed by atoms with E-state index in [4.69, 9.17) is 19.6 Å². The van der Waals surface area contributed by atoms with Crippen molar-refractivity contribution in [3.05, 3.63) is 65.5 Å². The van der Waals surface area contributed by atoms with Crippen molar-refractivity contribution in [2.75, 3.05) is 7.11 Å². The van der Waals surface area contributed by atoms with Crippen molar-refractivity contribution in [3.8, 4) is 0 Å². The highest BCUT2D eigenvalue weighted by Gasteiger charge is 2.39. The summed E-state index contributed by atoms with van der Waals surface area (Å²) in [6, 6.07) is 13.3. The maximum Gasteiger partial charge on any atom is 0.491 e. The van der Waals surface area contributed by atoms with E-state index in [0.717, 1.165) is 5.56 Å². The van der Waals surface area contributed by atoms with Gasteiger partial charge in [0.05, 0.1) is 19.8 Å². The minimum atomic E-state index is -1.87. The molecule has 8 heteroatoms. The third kappa shape index (κ3) is 4.73. The molecular weight excluding hydrogens is 352 g/mol. The Morgan fingerprint density at radius 1 is 1.26 bits per heavy atom. The van der Waals surface area contributed by atoms with Gasteiger partial charge in [-0.1, -0.05) is 42.5 Å². The number of esters is 1. The van der Waals surface area contributed by atoms with Crippen molar-refractivity contribution in [1.82, 2.24) is 5.06 Å². The molecule has 0 spiro atoms. The molecule has 1 saturated heterocycles. The number of methoxy groups -OCH3 is 1. The third-order valence-corrected chi connectivity index (χ3v) is 4.58. The van der Waals surface area contributed by atoms with Gasteiger partial charge in [-0.2, -0.15) is 5.06 Å². The van der Waals surface area contributed by atoms with Crippen LogP contribution < -0.4 is 5.46 Å². The molecule has 0 bridgehead atoms. The van der Waals surface area contributed by atoms with Crippen LogP contribution in [0.4, 0.5) is 4.39 Å². The van der Waals surface area contributed by atoms with E-state index in [1.165, 1.54) is 24.3 Å². The lowest BCUT2D eigenvalue weighted by atomic mass is 9.79. The van der Waals surface area contributed by atoms with Gasteiger partial charge in [-0.25, -0.2) is 4.39 Å². The summed E-state index contributed by atoms with van der Waals surface area (Å²) in [4.78, 5) is 18.1. The third-order valence-electron chi connectivity index (χ3n) is 4.58. The van der Waals surface area contributed by atoms with Crippen LogP contribution in [-0.4, -0.2) is 47.5 Å². The van der Waals surface area contributed by atoms with Gasteiger partial charge in [-0.05, 0) is 17.2 Å². The Labute approximate surface area is 157 Å². The average molecular weight is 373 g/mol. The lowest BCUT2D eigenvalue weighted by Gasteiger charge is -2.21. The number of hydrogen-bond acceptors (Lipinski definition) is 6. The summed E-state index contributed by atoms with van der Waals surface area (Å²) >= 11 is 0. The highest BCUT2D eigenvalue weighted by atomic mass is 19.1. The first-order valence-corrected chi connectivity index (χ1v) is 8.67. The Kier molecular flexibility index (Phi) is 6.23. The predicted octanol–water partition coefficient (Wildman–Crippen LogP) is 0.796. The fourth-order valence-corrected chi connectivity index (χ4v) is 3.23. The molecule has 1 heterocycles. The van der Waals surface area contributed by atoms with Gasteiger partial charge in [-0.15, -0.1) is 0 Å². The van der Waals surface area contributed by atoms with E-state index in [2.05, 4.69) is 0 Å². The second-order valence-corrected chi connectivity index (χ2v) is 6.50. The molecule has 0 aromatic heterocycles. The smallest absolute Gasteiger partial charge is 0.468 e. The van der Waals surface area contributed by atoms with E-state index in [9.17, 15) is 9.18 Å². The number of halogens is 1. The number of carbonyl (C=O) groups excluding carboxylic acids is 1. The number of ether oxygens (including phenoxy) is 1. The van der Waals surface area contributed by atoms with E-state index in [-0.39, 0.29) is 18.1 Å². The van der Waals surface area contributed by atoms with Gasteiger partial charge in [0, 0.05) is 18.3 Å². The lowest BCUT2D eigenvalue weighted by Crippen LogP contribution is -2.36. The topological polar surface area (TPSA) is 79.2 Å². The summed E-state index contributed by atoms with van der Waals surface area (Å²) in [5, 5.41) is 19.7. The normalized spacial score (nSPS) is 19.9. The van der Waals surface area contributed by atoms with E-state index >= 15 is 0 Å². The number of benzene rings is 2. The zero-order valence-corrected chi connectivity index (χ0v) is 14.9. The summed E-state index contributed by atoms with van der Waals surface area (Å²) in [6.07, 6.45) is 0.923. The van der Waals surface area contributed by atoms with Crippen LogP contribution in [0, 0.1) is 5.82 Å². The van der Waals surface area contributed by atoms with Crippen LogP contribution in [0.5, 0.6) is 0 Å². The summed E-state index contributed by atoms with van der Waals surface area (Å²) in [5.74, 6) is -1.13. The predicted molar refractivity (Wildman–Crippen MR) is 97.2 cm³/mol. The number of hydrogen-bond donors (Lipinski definition) is 2. The first kappa shape index (κ1) is 19.5. The molecular formula is C19H21BFNO5. The second-order valence-electron chi connectivity index (χ2n) is 6.50. The monoisotopic (exact) mass is 373 g/mol. The summed E-state index contributed by atoms with van der Waals surface area (Å²) in [5.41, 5.74) is 1.44. The van der Waals surface area contributed by atoms with E-state index in [1.54, 1.807) is 6.07 Å². The Morgan fingerprint density at radius 2 is 2.00 bits per heavy atom. The zero-order chi connectivity index (χ0) is 19.4. The Morgan fingerprint density at radius 3 is 2.63 bits per heavy atom. The zero-order valence-electron chi connectivity index (χ0n) is 14.9. The number of carbonyl (C=O) groups is 1. The quantitative estimate of drug-likeness (QED) is 0.576. The van der Waals surface area contributed by atoms with Crippen LogP contribution in [0.15, 0.2) is 48.5 Å². The second kappa shape index (κ2) is 8.62. The maximum atomic E-state index is 14.0. The van der Waals surface area contributed by atoms with Gasteiger partial charge >= 0.3 is 13.1 Å². The minimum absolute atomic E-state index is 0.170. The molecule has 0 radical (unpaired) electrons. The van der Waals surface area contributed by atoms with E-state index in [1.807, 2.05) is 30.3 Å². The molecule has 1 aliphatic heterocycles. The van der Waals surface area contributed by atoms with Crippen molar-refractivity contribution in [2.45, 2.75) is 31.5 Å². The summed E-state index contributed by atoms with van der Waals surface area (Å²) < 4.78 is 18.9. The van der Waals surface area contributed by atoms with Crippen LogP contribution in [0.1, 0.15) is 17.5 Å². The van der Waals surface area contributed by atoms with E-state index < -0.39 is 24.9 Å².